The Balaban J connectivity index is 1.57. The molecule has 2 aromatic carbocycles. The summed E-state index contributed by atoms with van der Waals surface area (Å²) in [6.45, 7) is 6.78. The van der Waals surface area contributed by atoms with E-state index in [2.05, 4.69) is 17.4 Å². The molecule has 1 fully saturated rings. The first kappa shape index (κ1) is 16.7. The van der Waals surface area contributed by atoms with Crippen LogP contribution in [0, 0.1) is 0 Å². The smallest absolute Gasteiger partial charge is 0.251 e. The lowest BCUT2D eigenvalue weighted by Gasteiger charge is -2.23. The average molecular weight is 325 g/mol. The predicted octanol–water partition coefficient (Wildman–Crippen LogP) is 1.59. The molecule has 1 aliphatic heterocycles. The van der Waals surface area contributed by atoms with Crippen molar-refractivity contribution in [3.8, 4) is 0 Å². The summed E-state index contributed by atoms with van der Waals surface area (Å²) in [6.07, 6.45) is 0. The van der Waals surface area contributed by atoms with Gasteiger partial charge >= 0.3 is 0 Å². The summed E-state index contributed by atoms with van der Waals surface area (Å²) in [5.74, 6) is -0.0309. The largest absolute Gasteiger partial charge is 0.370 e. The van der Waals surface area contributed by atoms with Crippen LogP contribution in [0.3, 0.4) is 0 Å². The minimum atomic E-state index is -0.0309. The zero-order valence-electron chi connectivity index (χ0n) is 14.1. The zero-order chi connectivity index (χ0) is 16.8. The Kier molecular flexibility index (Phi) is 5.62. The number of hydrogen-bond acceptors (Lipinski definition) is 2. The summed E-state index contributed by atoms with van der Waals surface area (Å²) in [5, 5.41) is 3.05. The van der Waals surface area contributed by atoms with Crippen LogP contribution in [0.2, 0.25) is 0 Å². The van der Waals surface area contributed by atoms with E-state index in [0.717, 1.165) is 38.4 Å². The van der Waals surface area contributed by atoms with Crippen molar-refractivity contribution in [2.75, 3.05) is 26.3 Å². The molecule has 0 aromatic heterocycles. The summed E-state index contributed by atoms with van der Waals surface area (Å²) in [6, 6.07) is 18.0. The first-order valence-electron chi connectivity index (χ1n) is 8.58. The minimum Gasteiger partial charge on any atom is -0.370 e. The van der Waals surface area contributed by atoms with Crippen molar-refractivity contribution in [3.63, 3.8) is 0 Å². The highest BCUT2D eigenvalue weighted by Gasteiger charge is 2.15. The second-order valence-corrected chi connectivity index (χ2v) is 6.34. The molecule has 24 heavy (non-hydrogen) atoms. The van der Waals surface area contributed by atoms with Gasteiger partial charge in [-0.3, -0.25) is 4.79 Å². The number of benzene rings is 2. The van der Waals surface area contributed by atoms with E-state index in [0.29, 0.717) is 5.56 Å². The number of morpholine rings is 1. The van der Waals surface area contributed by atoms with Crippen LogP contribution < -0.4 is 10.2 Å². The number of carbonyl (C=O) groups excluding carboxylic acids is 1. The van der Waals surface area contributed by atoms with Gasteiger partial charge in [0.25, 0.3) is 5.91 Å². The molecule has 0 aliphatic carbocycles. The Morgan fingerprint density at radius 3 is 2.42 bits per heavy atom. The van der Waals surface area contributed by atoms with Crippen LogP contribution in [0.1, 0.15) is 34.5 Å². The van der Waals surface area contributed by atoms with Crippen molar-refractivity contribution in [3.05, 3.63) is 71.3 Å². The topological polar surface area (TPSA) is 42.8 Å². The molecule has 1 saturated heterocycles. The number of amides is 1. The van der Waals surface area contributed by atoms with Gasteiger partial charge in [0.1, 0.15) is 19.6 Å². The second-order valence-electron chi connectivity index (χ2n) is 6.34. The van der Waals surface area contributed by atoms with E-state index in [1.165, 1.54) is 10.5 Å². The molecule has 3 rings (SSSR count). The lowest BCUT2D eigenvalue weighted by atomic mass is 10.1. The number of nitrogens with one attached hydrogen (secondary N) is 2. The maximum absolute atomic E-state index is 12.4. The number of ether oxygens (including phenoxy) is 1. The Morgan fingerprint density at radius 1 is 1.08 bits per heavy atom. The molecule has 1 atom stereocenters. The molecule has 2 aromatic rings. The molecule has 0 bridgehead atoms. The van der Waals surface area contributed by atoms with Crippen LogP contribution in [-0.2, 0) is 11.3 Å². The van der Waals surface area contributed by atoms with Crippen molar-refractivity contribution >= 4 is 5.91 Å². The first-order valence-corrected chi connectivity index (χ1v) is 8.58. The fourth-order valence-electron chi connectivity index (χ4n) is 3.00. The molecular formula is C20H25N2O2+. The molecule has 1 heterocycles. The maximum atomic E-state index is 12.4. The van der Waals surface area contributed by atoms with E-state index in [9.17, 15) is 4.79 Å². The van der Waals surface area contributed by atoms with Crippen molar-refractivity contribution < 1.29 is 14.4 Å². The van der Waals surface area contributed by atoms with Gasteiger partial charge in [-0.2, -0.15) is 0 Å². The van der Waals surface area contributed by atoms with Gasteiger partial charge in [0.2, 0.25) is 0 Å². The molecule has 4 nitrogen and oxygen atoms in total. The summed E-state index contributed by atoms with van der Waals surface area (Å²) < 4.78 is 5.39. The average Bonchev–Trinajstić information content (AvgIpc) is 2.64. The quantitative estimate of drug-likeness (QED) is 0.877. The molecule has 126 valence electrons. The van der Waals surface area contributed by atoms with Crippen LogP contribution in [0.15, 0.2) is 54.6 Å². The molecule has 1 aliphatic rings. The van der Waals surface area contributed by atoms with Crippen molar-refractivity contribution in [2.24, 2.45) is 0 Å². The third-order valence-corrected chi connectivity index (χ3v) is 4.52. The van der Waals surface area contributed by atoms with Gasteiger partial charge in [-0.15, -0.1) is 0 Å². The zero-order valence-corrected chi connectivity index (χ0v) is 14.1. The van der Waals surface area contributed by atoms with Gasteiger partial charge in [0.05, 0.1) is 19.3 Å². The van der Waals surface area contributed by atoms with Gasteiger partial charge in [-0.25, -0.2) is 0 Å². The third-order valence-electron chi connectivity index (χ3n) is 4.52. The molecule has 2 N–H and O–H groups in total. The van der Waals surface area contributed by atoms with Crippen molar-refractivity contribution in [1.82, 2.24) is 5.32 Å². The highest BCUT2D eigenvalue weighted by atomic mass is 16.5. The molecule has 0 unspecified atom stereocenters. The van der Waals surface area contributed by atoms with E-state index in [1.54, 1.807) is 0 Å². The Hall–Kier alpha value is -2.17. The highest BCUT2D eigenvalue weighted by Crippen LogP contribution is 2.12. The monoisotopic (exact) mass is 325 g/mol. The summed E-state index contributed by atoms with van der Waals surface area (Å²) in [7, 11) is 0. The number of hydrogen-bond donors (Lipinski definition) is 2. The summed E-state index contributed by atoms with van der Waals surface area (Å²) >= 11 is 0. The fraction of sp³-hybridized carbons (Fsp3) is 0.350. The Morgan fingerprint density at radius 2 is 1.75 bits per heavy atom. The van der Waals surface area contributed by atoms with Gasteiger partial charge in [-0.05, 0) is 24.6 Å². The lowest BCUT2D eigenvalue weighted by Crippen LogP contribution is -3.12. The fourth-order valence-corrected chi connectivity index (χ4v) is 3.00. The Labute approximate surface area is 143 Å². The van der Waals surface area contributed by atoms with E-state index in [1.807, 2.05) is 49.4 Å². The van der Waals surface area contributed by atoms with E-state index in [-0.39, 0.29) is 11.9 Å². The molecule has 0 saturated carbocycles. The highest BCUT2D eigenvalue weighted by molar-refractivity contribution is 5.94. The summed E-state index contributed by atoms with van der Waals surface area (Å²) in [5.41, 5.74) is 3.08. The molecular weight excluding hydrogens is 300 g/mol. The van der Waals surface area contributed by atoms with Crippen LogP contribution in [0.25, 0.3) is 0 Å². The van der Waals surface area contributed by atoms with Crippen LogP contribution in [-0.4, -0.2) is 32.2 Å². The van der Waals surface area contributed by atoms with Crippen molar-refractivity contribution in [1.29, 1.82) is 0 Å². The molecule has 0 radical (unpaired) electrons. The van der Waals surface area contributed by atoms with E-state index in [4.69, 9.17) is 4.74 Å². The second kappa shape index (κ2) is 8.08. The molecule has 1 amide bonds. The number of carbonyl (C=O) groups is 1. The van der Waals surface area contributed by atoms with Crippen LogP contribution in [0.5, 0.6) is 0 Å². The summed E-state index contributed by atoms with van der Waals surface area (Å²) in [4.78, 5) is 13.9. The van der Waals surface area contributed by atoms with E-state index >= 15 is 0 Å². The molecule has 0 spiro atoms. The van der Waals surface area contributed by atoms with Gasteiger partial charge < -0.3 is 15.0 Å². The lowest BCUT2D eigenvalue weighted by molar-refractivity contribution is -0.921. The van der Waals surface area contributed by atoms with E-state index < -0.39 is 0 Å². The number of rotatable bonds is 5. The minimum absolute atomic E-state index is 0.00355. The van der Waals surface area contributed by atoms with Crippen molar-refractivity contribution in [2.45, 2.75) is 19.5 Å². The third kappa shape index (κ3) is 4.43. The van der Waals surface area contributed by atoms with Gasteiger partial charge in [0.15, 0.2) is 0 Å². The van der Waals surface area contributed by atoms with Crippen LogP contribution >= 0.6 is 0 Å². The van der Waals surface area contributed by atoms with Crippen LogP contribution in [0.4, 0.5) is 0 Å². The molecule has 4 heteroatoms. The SMILES string of the molecule is C[C@@H](NC(=O)c1ccc(C[NH+]2CCOCC2)cc1)c1ccccc1. The first-order chi connectivity index (χ1) is 11.7. The Bertz CT molecular complexity index is 649. The predicted molar refractivity (Wildman–Crippen MR) is 94.0 cm³/mol. The maximum Gasteiger partial charge on any atom is 0.251 e. The standard InChI is InChI=1S/C20H24N2O2/c1-16(18-5-3-2-4-6-18)21-20(23)19-9-7-17(8-10-19)15-22-11-13-24-14-12-22/h2-10,16H,11-15H2,1H3,(H,21,23)/p+1/t16-/m1/s1. The van der Waals surface area contributed by atoms with Gasteiger partial charge in [0, 0.05) is 11.1 Å². The normalized spacial score (nSPS) is 16.5. The van der Waals surface area contributed by atoms with Gasteiger partial charge in [-0.1, -0.05) is 42.5 Å². The number of quaternary nitrogens is 1.